The van der Waals surface area contributed by atoms with E-state index >= 15 is 0 Å². The van der Waals surface area contributed by atoms with Gasteiger partial charge in [0.2, 0.25) is 0 Å². The highest BCUT2D eigenvalue weighted by molar-refractivity contribution is 6.11. The van der Waals surface area contributed by atoms with Crippen molar-refractivity contribution in [3.05, 3.63) is 228 Å². The molecular weight excluding hydrogens is 755 g/mol. The molecule has 0 saturated carbocycles. The number of amidine groups is 1. The van der Waals surface area contributed by atoms with Crippen LogP contribution in [-0.4, -0.2) is 16.4 Å². The second-order valence-electron chi connectivity index (χ2n) is 17.4. The lowest BCUT2D eigenvalue weighted by atomic mass is 9.76. The van der Waals surface area contributed by atoms with Crippen LogP contribution in [-0.2, 0) is 6.42 Å². The minimum Gasteiger partial charge on any atom is -0.350 e. The van der Waals surface area contributed by atoms with E-state index in [1.807, 2.05) is 0 Å². The molecule has 5 heteroatoms. The Morgan fingerprint density at radius 1 is 0.581 bits per heavy atom. The van der Waals surface area contributed by atoms with Crippen LogP contribution in [0.2, 0.25) is 0 Å². The Hall–Kier alpha value is -7.21. The van der Waals surface area contributed by atoms with Crippen LogP contribution in [0.1, 0.15) is 53.0 Å². The normalized spacial score (nSPS) is 21.8. The maximum atomic E-state index is 5.41. The lowest BCUT2D eigenvalue weighted by molar-refractivity contribution is 0.409. The second-order valence-corrected chi connectivity index (χ2v) is 17.4. The van der Waals surface area contributed by atoms with Gasteiger partial charge in [0, 0.05) is 51.2 Å². The Labute approximate surface area is 361 Å². The van der Waals surface area contributed by atoms with E-state index in [0.29, 0.717) is 17.9 Å². The number of aromatic nitrogens is 1. The van der Waals surface area contributed by atoms with Gasteiger partial charge in [0.25, 0.3) is 0 Å². The van der Waals surface area contributed by atoms with E-state index in [-0.39, 0.29) is 12.3 Å². The highest BCUT2D eigenvalue weighted by Gasteiger charge is 2.49. The minimum atomic E-state index is -0.234. The van der Waals surface area contributed by atoms with Gasteiger partial charge in [0.1, 0.15) is 18.2 Å². The molecule has 8 aromatic carbocycles. The van der Waals surface area contributed by atoms with Crippen molar-refractivity contribution in [2.24, 2.45) is 16.8 Å². The minimum absolute atomic E-state index is 0.115. The van der Waals surface area contributed by atoms with Gasteiger partial charge in [-0.05, 0) is 100.0 Å². The monoisotopic (exact) mass is 799 g/mol. The third-order valence-corrected chi connectivity index (χ3v) is 14.1. The van der Waals surface area contributed by atoms with E-state index in [4.69, 9.17) is 4.99 Å². The molecule has 1 aromatic heterocycles. The van der Waals surface area contributed by atoms with Crippen LogP contribution < -0.4 is 15.5 Å². The molecule has 298 valence electrons. The lowest BCUT2D eigenvalue weighted by Crippen LogP contribution is -2.45. The molecule has 0 spiro atoms. The van der Waals surface area contributed by atoms with Crippen molar-refractivity contribution in [1.82, 2.24) is 15.2 Å². The summed E-state index contributed by atoms with van der Waals surface area (Å²) in [5, 5.41) is 15.2. The molecule has 5 nitrogen and oxygen atoms in total. The number of anilines is 1. The number of hydrogen-bond acceptors (Lipinski definition) is 4. The number of allylic oxidation sites excluding steroid dienone is 2. The summed E-state index contributed by atoms with van der Waals surface area (Å²) >= 11 is 0. The molecule has 2 aliphatic carbocycles. The molecule has 4 aliphatic rings. The molecule has 2 N–H and O–H groups in total. The third-order valence-electron chi connectivity index (χ3n) is 14.1. The molecule has 0 bridgehead atoms. The summed E-state index contributed by atoms with van der Waals surface area (Å²) < 4.78 is 2.58. The highest BCUT2D eigenvalue weighted by atomic mass is 15.3. The molecular formula is C57H45N5. The zero-order chi connectivity index (χ0) is 40.7. The molecule has 3 heterocycles. The summed E-state index contributed by atoms with van der Waals surface area (Å²) in [5.41, 5.74) is 12.7. The third kappa shape index (κ3) is 5.55. The van der Waals surface area contributed by atoms with Crippen molar-refractivity contribution in [3.63, 3.8) is 0 Å². The fourth-order valence-corrected chi connectivity index (χ4v) is 11.3. The van der Waals surface area contributed by atoms with Crippen LogP contribution in [0.15, 0.2) is 205 Å². The quantitative estimate of drug-likeness (QED) is 0.135. The smallest absolute Gasteiger partial charge is 0.131 e. The molecule has 2 aliphatic heterocycles. The summed E-state index contributed by atoms with van der Waals surface area (Å²) in [6, 6.07) is 67.3. The van der Waals surface area contributed by atoms with Crippen molar-refractivity contribution in [2.75, 3.05) is 4.90 Å². The average molecular weight is 800 g/mol. The predicted octanol–water partition coefficient (Wildman–Crippen LogP) is 12.7. The van der Waals surface area contributed by atoms with E-state index in [9.17, 15) is 0 Å². The molecule has 9 aromatic rings. The summed E-state index contributed by atoms with van der Waals surface area (Å²) in [6.45, 7) is 0. The molecule has 5 unspecified atom stereocenters. The Balaban J connectivity index is 0.947. The maximum Gasteiger partial charge on any atom is 0.131 e. The molecule has 13 rings (SSSR count). The lowest BCUT2D eigenvalue weighted by Gasteiger charge is -2.34. The van der Waals surface area contributed by atoms with Crippen LogP contribution in [0.3, 0.4) is 0 Å². The fraction of sp³-hybridized carbons (Fsp3) is 0.140. The fourth-order valence-electron chi connectivity index (χ4n) is 11.3. The molecule has 62 heavy (non-hydrogen) atoms. The van der Waals surface area contributed by atoms with Crippen LogP contribution >= 0.6 is 0 Å². The first-order valence-corrected chi connectivity index (χ1v) is 22.2. The first-order chi connectivity index (χ1) is 30.7. The molecule has 1 fully saturated rings. The second kappa shape index (κ2) is 14.2. The van der Waals surface area contributed by atoms with Gasteiger partial charge in [-0.25, -0.2) is 4.99 Å². The van der Waals surface area contributed by atoms with E-state index < -0.39 is 0 Å². The topological polar surface area (TPSA) is 44.6 Å². The van der Waals surface area contributed by atoms with Gasteiger partial charge in [-0.15, -0.1) is 0 Å². The van der Waals surface area contributed by atoms with Gasteiger partial charge in [-0.3, -0.25) is 5.32 Å². The van der Waals surface area contributed by atoms with E-state index in [2.05, 4.69) is 214 Å². The summed E-state index contributed by atoms with van der Waals surface area (Å²) in [4.78, 5) is 8.15. The molecule has 0 amide bonds. The van der Waals surface area contributed by atoms with E-state index in [0.717, 1.165) is 36.2 Å². The van der Waals surface area contributed by atoms with Gasteiger partial charge in [-0.2, -0.15) is 0 Å². The SMILES string of the molecule is C1=CC2C3Cc4ccccc4C(n4c5ccccc5c5ccccc54)=C3N(c3ccc(C4=NC(c5ccc6c(ccc7ccccc76)c5)NC(c5ccccc5)N4)cc3)C2CC1. The van der Waals surface area contributed by atoms with E-state index in [1.165, 1.54) is 77.1 Å². The van der Waals surface area contributed by atoms with Gasteiger partial charge < -0.3 is 14.8 Å². The summed E-state index contributed by atoms with van der Waals surface area (Å²) in [6.07, 6.45) is 7.88. The Bertz CT molecular complexity index is 3270. The van der Waals surface area contributed by atoms with Crippen LogP contribution in [0.5, 0.6) is 0 Å². The number of para-hydroxylation sites is 2. The number of aliphatic imine (C=N–C) groups is 1. The van der Waals surface area contributed by atoms with Gasteiger partial charge >= 0.3 is 0 Å². The first-order valence-electron chi connectivity index (χ1n) is 22.2. The first kappa shape index (κ1) is 35.5. The average Bonchev–Trinajstić information content (AvgIpc) is 3.86. The van der Waals surface area contributed by atoms with E-state index in [1.54, 1.807) is 0 Å². The number of nitrogens with one attached hydrogen (secondary N) is 2. The maximum absolute atomic E-state index is 5.41. The zero-order valence-corrected chi connectivity index (χ0v) is 34.3. The molecule has 0 radical (unpaired) electrons. The van der Waals surface area contributed by atoms with Crippen LogP contribution in [0.4, 0.5) is 5.69 Å². The predicted molar refractivity (Wildman–Crippen MR) is 256 cm³/mol. The largest absolute Gasteiger partial charge is 0.350 e. The van der Waals surface area contributed by atoms with Crippen molar-refractivity contribution in [2.45, 2.75) is 37.6 Å². The summed E-state index contributed by atoms with van der Waals surface area (Å²) in [7, 11) is 0. The Morgan fingerprint density at radius 3 is 2.10 bits per heavy atom. The molecule has 1 saturated heterocycles. The van der Waals surface area contributed by atoms with Crippen LogP contribution in [0.25, 0.3) is 49.0 Å². The number of hydrogen-bond donors (Lipinski definition) is 2. The number of fused-ring (bicyclic) bond motifs is 10. The van der Waals surface area contributed by atoms with Crippen LogP contribution in [0, 0.1) is 11.8 Å². The Morgan fingerprint density at radius 2 is 1.27 bits per heavy atom. The van der Waals surface area contributed by atoms with Gasteiger partial charge in [-0.1, -0.05) is 152 Å². The van der Waals surface area contributed by atoms with Gasteiger partial charge in [0.15, 0.2) is 0 Å². The Kier molecular flexibility index (Phi) is 8.13. The zero-order valence-electron chi connectivity index (χ0n) is 34.3. The van der Waals surface area contributed by atoms with Crippen molar-refractivity contribution in [3.8, 4) is 0 Å². The highest BCUT2D eigenvalue weighted by Crippen LogP contribution is 2.53. The van der Waals surface area contributed by atoms with Gasteiger partial charge in [0.05, 0.1) is 16.7 Å². The summed E-state index contributed by atoms with van der Waals surface area (Å²) in [5.74, 6) is 1.68. The number of rotatable bonds is 5. The van der Waals surface area contributed by atoms with Crippen molar-refractivity contribution < 1.29 is 0 Å². The number of nitrogens with zero attached hydrogens (tertiary/aromatic N) is 3. The van der Waals surface area contributed by atoms with Crippen molar-refractivity contribution >= 4 is 60.6 Å². The molecule has 5 atom stereocenters. The van der Waals surface area contributed by atoms with Crippen molar-refractivity contribution in [1.29, 1.82) is 0 Å². The standard InChI is InChI=1S/C57H45N5/c1-2-15-37(16-3-1)55-58-56(60-57(59-55)41-30-33-44-40(34-41)27-26-36-14-4-6-18-43(36)44)38-28-31-42(32-29-38)61-50-23-11-10-22-48(50)49-35-39-17-5-7-19-45(39)53(54(49)61)62-51-24-12-8-20-46(51)47-21-9-13-25-52(47)62/h1-10,12-22,24-34,48-50,55,57,59H,11,23,35H2,(H,58,60). The number of benzene rings is 8.